The van der Waals surface area contributed by atoms with Crippen molar-refractivity contribution in [2.75, 3.05) is 0 Å². The smallest absolute Gasteiger partial charge is 0.336 e. The van der Waals surface area contributed by atoms with Crippen LogP contribution in [-0.2, 0) is 4.79 Å². The molecular weight excluding hydrogens is 268 g/mol. The number of aryl methyl sites for hydroxylation is 2. The topological polar surface area (TPSA) is 78.8 Å². The van der Waals surface area contributed by atoms with Gasteiger partial charge in [-0.1, -0.05) is 13.8 Å². The first kappa shape index (κ1) is 15.2. The number of nitrogens with one attached hydrogen (secondary N) is 1. The molecule has 0 bridgehead atoms. The predicted molar refractivity (Wildman–Crippen MR) is 80.8 cm³/mol. The molecule has 0 saturated carbocycles. The molecule has 1 aliphatic heterocycles. The molecule has 0 aromatic heterocycles. The number of hydrogen-bond acceptors (Lipinski definition) is 3. The van der Waals surface area contributed by atoms with Gasteiger partial charge in [0.15, 0.2) is 0 Å². The summed E-state index contributed by atoms with van der Waals surface area (Å²) in [5.41, 5.74) is 1.62. The number of hydrogen-bond donors (Lipinski definition) is 2. The van der Waals surface area contributed by atoms with Gasteiger partial charge in [0.2, 0.25) is 0 Å². The van der Waals surface area contributed by atoms with Crippen molar-refractivity contribution in [1.82, 2.24) is 5.32 Å². The lowest BCUT2D eigenvalue weighted by atomic mass is 9.89. The summed E-state index contributed by atoms with van der Waals surface area (Å²) in [5, 5.41) is 12.1. The van der Waals surface area contributed by atoms with E-state index >= 15 is 0 Å². The zero-order chi connectivity index (χ0) is 15.9. The van der Waals surface area contributed by atoms with Crippen LogP contribution in [0, 0.1) is 19.8 Å². The van der Waals surface area contributed by atoms with Crippen molar-refractivity contribution < 1.29 is 14.7 Å². The van der Waals surface area contributed by atoms with Crippen LogP contribution in [-0.4, -0.2) is 28.4 Å². The van der Waals surface area contributed by atoms with Crippen LogP contribution >= 0.6 is 0 Å². The summed E-state index contributed by atoms with van der Waals surface area (Å²) in [4.78, 5) is 28.1. The van der Waals surface area contributed by atoms with Crippen LogP contribution in [0.2, 0.25) is 0 Å². The highest BCUT2D eigenvalue weighted by molar-refractivity contribution is 6.18. The van der Waals surface area contributed by atoms with Gasteiger partial charge in [0.05, 0.1) is 5.56 Å². The number of carbonyl (C=O) groups is 2. The standard InChI is InChI=1S/C16H20N2O3/c1-8(2)16(5)15(21)17-13(18-16)11-6-9(3)10(4)7-12(11)14(19)20/h6-8H,1-5H3,(H,19,20)(H,17,18,21). The molecule has 0 radical (unpaired) electrons. The fourth-order valence-corrected chi connectivity index (χ4v) is 2.25. The Hall–Kier alpha value is -2.17. The van der Waals surface area contributed by atoms with Gasteiger partial charge in [0.1, 0.15) is 11.4 Å². The maximum atomic E-state index is 12.2. The number of carboxylic acids is 1. The highest BCUT2D eigenvalue weighted by Crippen LogP contribution is 2.28. The molecule has 1 unspecified atom stereocenters. The monoisotopic (exact) mass is 288 g/mol. The molecule has 1 atom stereocenters. The molecule has 1 heterocycles. The van der Waals surface area contributed by atoms with Crippen LogP contribution in [0.1, 0.15) is 47.8 Å². The number of nitrogens with zero attached hydrogens (tertiary/aromatic N) is 1. The summed E-state index contributed by atoms with van der Waals surface area (Å²) in [6.45, 7) is 9.37. The van der Waals surface area contributed by atoms with Gasteiger partial charge in [-0.3, -0.25) is 9.79 Å². The first-order valence-corrected chi connectivity index (χ1v) is 6.93. The Kier molecular flexibility index (Phi) is 3.61. The summed E-state index contributed by atoms with van der Waals surface area (Å²) >= 11 is 0. The average Bonchev–Trinajstić information content (AvgIpc) is 2.69. The minimum Gasteiger partial charge on any atom is -0.478 e. The SMILES string of the molecule is Cc1cc(C(=O)O)c(C2=NC(C)(C(C)C)C(=O)N2)cc1C. The van der Waals surface area contributed by atoms with Crippen molar-refractivity contribution in [3.8, 4) is 0 Å². The first-order chi connectivity index (χ1) is 9.66. The van der Waals surface area contributed by atoms with Gasteiger partial charge in [0.25, 0.3) is 5.91 Å². The molecule has 5 heteroatoms. The highest BCUT2D eigenvalue weighted by atomic mass is 16.4. The van der Waals surface area contributed by atoms with Gasteiger partial charge < -0.3 is 10.4 Å². The number of amides is 1. The van der Waals surface area contributed by atoms with Gasteiger partial charge in [-0.2, -0.15) is 0 Å². The van der Waals surface area contributed by atoms with Crippen molar-refractivity contribution in [1.29, 1.82) is 0 Å². The van der Waals surface area contributed by atoms with Gasteiger partial charge in [-0.15, -0.1) is 0 Å². The Morgan fingerprint density at radius 1 is 1.29 bits per heavy atom. The second kappa shape index (κ2) is 4.98. The second-order valence-electron chi connectivity index (χ2n) is 6.00. The number of rotatable bonds is 3. The number of aromatic carboxylic acids is 1. The first-order valence-electron chi connectivity index (χ1n) is 6.93. The molecule has 1 amide bonds. The highest BCUT2D eigenvalue weighted by Gasteiger charge is 2.42. The fraction of sp³-hybridized carbons (Fsp3) is 0.438. The number of aliphatic imine (C=N–C) groups is 1. The van der Waals surface area contributed by atoms with Crippen molar-refractivity contribution >= 4 is 17.7 Å². The third-order valence-corrected chi connectivity index (χ3v) is 4.28. The summed E-state index contributed by atoms with van der Waals surface area (Å²) in [6, 6.07) is 3.39. The number of carboxylic acid groups (broad SMARTS) is 1. The molecular formula is C16H20N2O3. The molecule has 21 heavy (non-hydrogen) atoms. The normalized spacial score (nSPS) is 21.4. The van der Waals surface area contributed by atoms with Gasteiger partial charge >= 0.3 is 5.97 Å². The molecule has 1 aromatic carbocycles. The lowest BCUT2D eigenvalue weighted by Crippen LogP contribution is -2.41. The van der Waals surface area contributed by atoms with Crippen molar-refractivity contribution in [2.24, 2.45) is 10.9 Å². The Morgan fingerprint density at radius 3 is 2.33 bits per heavy atom. The molecule has 0 fully saturated rings. The van der Waals surface area contributed by atoms with E-state index in [0.717, 1.165) is 11.1 Å². The van der Waals surface area contributed by atoms with E-state index in [4.69, 9.17) is 0 Å². The van der Waals surface area contributed by atoms with E-state index in [1.54, 1.807) is 19.1 Å². The fourth-order valence-electron chi connectivity index (χ4n) is 2.25. The molecule has 5 nitrogen and oxygen atoms in total. The number of amidine groups is 1. The molecule has 1 aliphatic rings. The maximum Gasteiger partial charge on any atom is 0.336 e. The van der Waals surface area contributed by atoms with E-state index in [9.17, 15) is 14.7 Å². The van der Waals surface area contributed by atoms with E-state index in [-0.39, 0.29) is 17.4 Å². The Bertz CT molecular complexity index is 662. The van der Waals surface area contributed by atoms with Crippen molar-refractivity contribution in [2.45, 2.75) is 40.2 Å². The lowest BCUT2D eigenvalue weighted by Gasteiger charge is -2.21. The molecule has 0 spiro atoms. The van der Waals surface area contributed by atoms with E-state index in [0.29, 0.717) is 11.4 Å². The van der Waals surface area contributed by atoms with E-state index in [1.165, 1.54) is 0 Å². The Balaban J connectivity index is 2.61. The molecule has 2 rings (SSSR count). The zero-order valence-electron chi connectivity index (χ0n) is 12.9. The predicted octanol–water partition coefficient (Wildman–Crippen LogP) is 2.29. The Morgan fingerprint density at radius 2 is 1.86 bits per heavy atom. The van der Waals surface area contributed by atoms with Gasteiger partial charge in [0, 0.05) is 5.56 Å². The van der Waals surface area contributed by atoms with E-state index in [2.05, 4.69) is 10.3 Å². The molecule has 1 aromatic rings. The lowest BCUT2D eigenvalue weighted by molar-refractivity contribution is -0.124. The maximum absolute atomic E-state index is 12.2. The third-order valence-electron chi connectivity index (χ3n) is 4.28. The van der Waals surface area contributed by atoms with E-state index in [1.807, 2.05) is 27.7 Å². The summed E-state index contributed by atoms with van der Waals surface area (Å²) in [7, 11) is 0. The van der Waals surface area contributed by atoms with Gasteiger partial charge in [-0.25, -0.2) is 4.79 Å². The Labute approximate surface area is 124 Å². The molecule has 112 valence electrons. The largest absolute Gasteiger partial charge is 0.478 e. The quantitative estimate of drug-likeness (QED) is 0.895. The van der Waals surface area contributed by atoms with E-state index < -0.39 is 11.5 Å². The number of carbonyl (C=O) groups excluding carboxylic acids is 1. The van der Waals surface area contributed by atoms with Gasteiger partial charge in [-0.05, 0) is 49.9 Å². The minimum atomic E-state index is -1.02. The second-order valence-corrected chi connectivity index (χ2v) is 6.00. The number of benzene rings is 1. The average molecular weight is 288 g/mol. The van der Waals surface area contributed by atoms with Crippen LogP contribution in [0.5, 0.6) is 0 Å². The third kappa shape index (κ3) is 2.44. The summed E-state index contributed by atoms with van der Waals surface area (Å²) in [6.07, 6.45) is 0. The van der Waals surface area contributed by atoms with Crippen molar-refractivity contribution in [3.63, 3.8) is 0 Å². The van der Waals surface area contributed by atoms with Crippen LogP contribution in [0.15, 0.2) is 17.1 Å². The minimum absolute atomic E-state index is 0.0230. The molecule has 2 N–H and O–H groups in total. The van der Waals surface area contributed by atoms with Crippen molar-refractivity contribution in [3.05, 3.63) is 34.4 Å². The van der Waals surface area contributed by atoms with Crippen LogP contribution in [0.3, 0.4) is 0 Å². The summed E-state index contributed by atoms with van der Waals surface area (Å²) in [5.74, 6) is -0.850. The van der Waals surface area contributed by atoms with Crippen LogP contribution in [0.4, 0.5) is 0 Å². The van der Waals surface area contributed by atoms with Crippen LogP contribution in [0.25, 0.3) is 0 Å². The summed E-state index contributed by atoms with van der Waals surface area (Å²) < 4.78 is 0. The zero-order valence-corrected chi connectivity index (χ0v) is 12.9. The molecule has 0 aliphatic carbocycles. The molecule has 0 saturated heterocycles. The van der Waals surface area contributed by atoms with Crippen LogP contribution < -0.4 is 5.32 Å².